The van der Waals surface area contributed by atoms with Crippen LogP contribution in [-0.4, -0.2) is 23.2 Å². The molecule has 0 amide bonds. The van der Waals surface area contributed by atoms with Gasteiger partial charge in [0.25, 0.3) is 0 Å². The highest BCUT2D eigenvalue weighted by Crippen LogP contribution is 2.29. The predicted molar refractivity (Wildman–Crippen MR) is 79.0 cm³/mol. The van der Waals surface area contributed by atoms with Gasteiger partial charge in [-0.2, -0.15) is 0 Å². The van der Waals surface area contributed by atoms with Crippen LogP contribution in [0.1, 0.15) is 33.7 Å². The average Bonchev–Trinajstić information content (AvgIpc) is 2.79. The summed E-state index contributed by atoms with van der Waals surface area (Å²) in [5.74, 6) is 0.565. The molecule has 0 N–H and O–H groups in total. The summed E-state index contributed by atoms with van der Waals surface area (Å²) in [6.45, 7) is 7.45. The minimum absolute atomic E-state index is 0.238. The molecule has 1 unspecified atom stereocenters. The number of nitrogens with zero attached hydrogens (tertiary/aromatic N) is 1. The summed E-state index contributed by atoms with van der Waals surface area (Å²) in [5, 5.41) is 0.991. The maximum atomic E-state index is 12.2. The van der Waals surface area contributed by atoms with Crippen molar-refractivity contribution in [3.05, 3.63) is 30.5 Å². The molecule has 0 aliphatic heterocycles. The Morgan fingerprint density at radius 1 is 1.25 bits per heavy atom. The highest BCUT2D eigenvalue weighted by Gasteiger charge is 2.23. The summed E-state index contributed by atoms with van der Waals surface area (Å²) < 4.78 is 12.7. The smallest absolute Gasteiger partial charge is 0.329 e. The molecule has 0 saturated heterocycles. The second-order valence-electron chi connectivity index (χ2n) is 5.83. The van der Waals surface area contributed by atoms with E-state index in [-0.39, 0.29) is 12.0 Å². The molecule has 20 heavy (non-hydrogen) atoms. The van der Waals surface area contributed by atoms with Crippen LogP contribution in [0.4, 0.5) is 0 Å². The van der Waals surface area contributed by atoms with Gasteiger partial charge in [-0.1, -0.05) is 6.07 Å². The number of ether oxygens (including phenoxy) is 2. The molecular weight excluding hydrogens is 254 g/mol. The fourth-order valence-electron chi connectivity index (χ4n) is 2.18. The molecule has 0 fully saturated rings. The second kappa shape index (κ2) is 5.19. The zero-order chi connectivity index (χ0) is 14.9. The number of aromatic nitrogens is 1. The predicted octanol–water partition coefficient (Wildman–Crippen LogP) is 3.55. The fourth-order valence-corrected chi connectivity index (χ4v) is 2.18. The SMILES string of the molecule is COc1cccc2c1ccn2C(C)C(=O)OC(C)(C)C. The molecule has 0 bridgehead atoms. The van der Waals surface area contributed by atoms with E-state index < -0.39 is 5.60 Å². The van der Waals surface area contributed by atoms with Crippen molar-refractivity contribution < 1.29 is 14.3 Å². The summed E-state index contributed by atoms with van der Waals surface area (Å²) in [6, 6.07) is 7.37. The van der Waals surface area contributed by atoms with Crippen molar-refractivity contribution in [1.29, 1.82) is 0 Å². The lowest BCUT2D eigenvalue weighted by Crippen LogP contribution is -2.28. The Bertz CT molecular complexity index is 622. The Morgan fingerprint density at radius 2 is 1.95 bits per heavy atom. The van der Waals surface area contributed by atoms with E-state index >= 15 is 0 Å². The Hall–Kier alpha value is -1.97. The Balaban J connectivity index is 2.36. The normalized spacial score (nSPS) is 13.2. The lowest BCUT2D eigenvalue weighted by atomic mass is 10.2. The standard InChI is InChI=1S/C16H21NO3/c1-11(15(18)20-16(2,3)4)17-10-9-12-13(17)7-6-8-14(12)19-5/h6-11H,1-5H3. The third-order valence-corrected chi connectivity index (χ3v) is 3.11. The Kier molecular flexibility index (Phi) is 3.75. The molecule has 1 aromatic heterocycles. The minimum atomic E-state index is -0.480. The molecule has 1 aromatic carbocycles. The van der Waals surface area contributed by atoms with Gasteiger partial charge in [-0.3, -0.25) is 0 Å². The van der Waals surface area contributed by atoms with Gasteiger partial charge in [-0.25, -0.2) is 4.79 Å². The first kappa shape index (κ1) is 14.4. The third kappa shape index (κ3) is 2.79. The highest BCUT2D eigenvalue weighted by atomic mass is 16.6. The first-order valence-electron chi connectivity index (χ1n) is 6.70. The molecular formula is C16H21NO3. The minimum Gasteiger partial charge on any atom is -0.496 e. The lowest BCUT2D eigenvalue weighted by molar-refractivity contribution is -0.158. The van der Waals surface area contributed by atoms with Crippen LogP contribution >= 0.6 is 0 Å². The topological polar surface area (TPSA) is 40.5 Å². The molecule has 0 spiro atoms. The second-order valence-corrected chi connectivity index (χ2v) is 5.83. The van der Waals surface area contributed by atoms with Gasteiger partial charge in [0.05, 0.1) is 12.6 Å². The van der Waals surface area contributed by atoms with Crippen LogP contribution in [0, 0.1) is 0 Å². The Morgan fingerprint density at radius 3 is 2.55 bits per heavy atom. The van der Waals surface area contributed by atoms with Crippen LogP contribution in [-0.2, 0) is 9.53 Å². The molecule has 4 heteroatoms. The zero-order valence-corrected chi connectivity index (χ0v) is 12.6. The summed E-state index contributed by atoms with van der Waals surface area (Å²) in [7, 11) is 1.64. The maximum Gasteiger partial charge on any atom is 0.329 e. The monoisotopic (exact) mass is 275 g/mol. The van der Waals surface area contributed by atoms with E-state index in [4.69, 9.17) is 9.47 Å². The van der Waals surface area contributed by atoms with Crippen LogP contribution in [0.25, 0.3) is 10.9 Å². The van der Waals surface area contributed by atoms with Gasteiger partial charge in [0.2, 0.25) is 0 Å². The number of hydrogen-bond acceptors (Lipinski definition) is 3. The molecule has 0 radical (unpaired) electrons. The fraction of sp³-hybridized carbons (Fsp3) is 0.438. The molecule has 0 saturated carbocycles. The number of benzene rings is 1. The first-order chi connectivity index (χ1) is 9.33. The van der Waals surface area contributed by atoms with Crippen molar-refractivity contribution in [1.82, 2.24) is 4.57 Å². The van der Waals surface area contributed by atoms with Gasteiger partial charge >= 0.3 is 5.97 Å². The van der Waals surface area contributed by atoms with E-state index in [1.54, 1.807) is 7.11 Å². The maximum absolute atomic E-state index is 12.2. The van der Waals surface area contributed by atoms with Crippen LogP contribution in [0.5, 0.6) is 5.75 Å². The van der Waals surface area contributed by atoms with E-state index in [1.807, 2.05) is 62.7 Å². The van der Waals surface area contributed by atoms with Gasteiger partial charge in [-0.05, 0) is 45.9 Å². The summed E-state index contributed by atoms with van der Waals surface area (Å²) in [5.41, 5.74) is 0.481. The summed E-state index contributed by atoms with van der Waals surface area (Å²) >= 11 is 0. The molecule has 1 atom stereocenters. The number of carbonyl (C=O) groups excluding carboxylic acids is 1. The number of fused-ring (bicyclic) bond motifs is 1. The van der Waals surface area contributed by atoms with Crippen molar-refractivity contribution in [2.75, 3.05) is 7.11 Å². The van der Waals surface area contributed by atoms with Crippen LogP contribution < -0.4 is 4.74 Å². The van der Waals surface area contributed by atoms with Gasteiger partial charge in [0.1, 0.15) is 17.4 Å². The lowest BCUT2D eigenvalue weighted by Gasteiger charge is -2.23. The number of hydrogen-bond donors (Lipinski definition) is 0. The summed E-state index contributed by atoms with van der Waals surface area (Å²) in [6.07, 6.45) is 1.89. The van der Waals surface area contributed by atoms with Crippen molar-refractivity contribution in [3.63, 3.8) is 0 Å². The quantitative estimate of drug-likeness (QED) is 0.804. The number of methoxy groups -OCH3 is 1. The first-order valence-corrected chi connectivity index (χ1v) is 6.70. The number of esters is 1. The van der Waals surface area contributed by atoms with Crippen LogP contribution in [0.2, 0.25) is 0 Å². The third-order valence-electron chi connectivity index (χ3n) is 3.11. The van der Waals surface area contributed by atoms with E-state index in [9.17, 15) is 4.79 Å². The van der Waals surface area contributed by atoms with Gasteiger partial charge in [0, 0.05) is 11.6 Å². The van der Waals surface area contributed by atoms with Gasteiger partial charge < -0.3 is 14.0 Å². The molecule has 4 nitrogen and oxygen atoms in total. The summed E-state index contributed by atoms with van der Waals surface area (Å²) in [4.78, 5) is 12.2. The number of rotatable bonds is 3. The van der Waals surface area contributed by atoms with Crippen molar-refractivity contribution in [2.45, 2.75) is 39.3 Å². The van der Waals surface area contributed by atoms with E-state index in [1.165, 1.54) is 0 Å². The van der Waals surface area contributed by atoms with Crippen molar-refractivity contribution in [3.8, 4) is 5.75 Å². The molecule has 2 rings (SSSR count). The molecule has 1 heterocycles. The van der Waals surface area contributed by atoms with E-state index in [0.29, 0.717) is 0 Å². The van der Waals surface area contributed by atoms with Gasteiger partial charge in [0.15, 0.2) is 0 Å². The number of carbonyl (C=O) groups is 1. The molecule has 0 aliphatic rings. The van der Waals surface area contributed by atoms with E-state index in [2.05, 4.69) is 0 Å². The van der Waals surface area contributed by atoms with Crippen LogP contribution in [0.15, 0.2) is 30.5 Å². The van der Waals surface area contributed by atoms with Gasteiger partial charge in [-0.15, -0.1) is 0 Å². The van der Waals surface area contributed by atoms with Crippen molar-refractivity contribution in [2.24, 2.45) is 0 Å². The molecule has 0 aliphatic carbocycles. The van der Waals surface area contributed by atoms with Crippen molar-refractivity contribution >= 4 is 16.9 Å². The Labute approximate surface area is 119 Å². The largest absolute Gasteiger partial charge is 0.496 e. The highest BCUT2D eigenvalue weighted by molar-refractivity contribution is 5.88. The van der Waals surface area contributed by atoms with E-state index in [0.717, 1.165) is 16.7 Å². The zero-order valence-electron chi connectivity index (χ0n) is 12.6. The van der Waals surface area contributed by atoms with Crippen LogP contribution in [0.3, 0.4) is 0 Å². The molecule has 2 aromatic rings. The molecule has 108 valence electrons. The average molecular weight is 275 g/mol.